The van der Waals surface area contributed by atoms with Gasteiger partial charge in [0.25, 0.3) is 0 Å². The van der Waals surface area contributed by atoms with Crippen molar-refractivity contribution in [2.75, 3.05) is 24.5 Å². The fourth-order valence-corrected chi connectivity index (χ4v) is 2.74. The monoisotopic (exact) mass is 346 g/mol. The summed E-state index contributed by atoms with van der Waals surface area (Å²) in [6, 6.07) is 2.48. The second-order valence-electron chi connectivity index (χ2n) is 6.45. The maximum Gasteiger partial charge on any atom is 0.147 e. The third-order valence-corrected chi connectivity index (χ3v) is 4.15. The number of hydrogen-bond acceptors (Lipinski definition) is 2. The highest BCUT2D eigenvalue weighted by Crippen LogP contribution is 2.30. The Morgan fingerprint density at radius 2 is 2.00 bits per heavy atom. The van der Waals surface area contributed by atoms with E-state index in [0.29, 0.717) is 11.6 Å². The first-order valence-electron chi connectivity index (χ1n) is 6.91. The number of nitrogens with one attached hydrogen (secondary N) is 1. The third-order valence-electron chi connectivity index (χ3n) is 3.54. The summed E-state index contributed by atoms with van der Waals surface area (Å²) in [6.07, 6.45) is 1.00. The minimum atomic E-state index is -0.419. The van der Waals surface area contributed by atoms with Gasteiger partial charge in [-0.15, -0.1) is 0 Å². The van der Waals surface area contributed by atoms with Gasteiger partial charge in [-0.1, -0.05) is 0 Å². The maximum atomic E-state index is 13.9. The highest BCUT2D eigenvalue weighted by molar-refractivity contribution is 9.10. The summed E-state index contributed by atoms with van der Waals surface area (Å²) in [7, 11) is 0. The van der Waals surface area contributed by atoms with Crippen LogP contribution in [0.3, 0.4) is 0 Å². The Kier molecular flexibility index (Phi) is 4.69. The molecule has 1 aromatic carbocycles. The molecule has 0 saturated carbocycles. The number of rotatable bonds is 3. The lowest BCUT2D eigenvalue weighted by atomic mass is 10.1. The molecule has 2 rings (SSSR count). The molecule has 0 aromatic heterocycles. The molecular formula is C15H21BrF2N2. The molecule has 1 N–H and O–H groups in total. The predicted octanol–water partition coefficient (Wildman–Crippen LogP) is 3.94. The summed E-state index contributed by atoms with van der Waals surface area (Å²) in [5.41, 5.74) is 0.450. The van der Waals surface area contributed by atoms with Gasteiger partial charge in [0.2, 0.25) is 0 Å². The van der Waals surface area contributed by atoms with E-state index < -0.39 is 5.82 Å². The van der Waals surface area contributed by atoms with Crippen LogP contribution >= 0.6 is 15.9 Å². The first-order chi connectivity index (χ1) is 9.26. The predicted molar refractivity (Wildman–Crippen MR) is 82.1 cm³/mol. The van der Waals surface area contributed by atoms with Crippen molar-refractivity contribution in [2.24, 2.45) is 5.92 Å². The van der Waals surface area contributed by atoms with Crippen LogP contribution < -0.4 is 10.2 Å². The van der Waals surface area contributed by atoms with Crippen LogP contribution in [0.15, 0.2) is 16.6 Å². The average Bonchev–Trinajstić information content (AvgIpc) is 2.79. The van der Waals surface area contributed by atoms with Crippen molar-refractivity contribution in [1.29, 1.82) is 0 Å². The Morgan fingerprint density at radius 3 is 2.65 bits per heavy atom. The number of anilines is 1. The summed E-state index contributed by atoms with van der Waals surface area (Å²) >= 11 is 3.00. The molecular weight excluding hydrogens is 326 g/mol. The quantitative estimate of drug-likeness (QED) is 0.834. The Balaban J connectivity index is 2.01. The number of halogens is 3. The molecule has 0 spiro atoms. The van der Waals surface area contributed by atoms with Crippen LogP contribution in [-0.2, 0) is 0 Å². The molecule has 1 fully saturated rings. The number of nitrogens with zero attached hydrogens (tertiary/aromatic N) is 1. The fourth-order valence-electron chi connectivity index (χ4n) is 2.42. The van der Waals surface area contributed by atoms with E-state index in [4.69, 9.17) is 0 Å². The van der Waals surface area contributed by atoms with Crippen molar-refractivity contribution >= 4 is 21.6 Å². The third kappa shape index (κ3) is 3.92. The van der Waals surface area contributed by atoms with E-state index >= 15 is 0 Å². The van der Waals surface area contributed by atoms with Crippen LogP contribution in [-0.4, -0.2) is 25.2 Å². The standard InChI is InChI=1S/C15H21BrF2N2/c1-15(2,3)19-8-10-4-5-20(9-10)14-7-12(17)11(16)6-13(14)18/h6-7,10,19H,4-5,8-9H2,1-3H3. The number of hydrogen-bond donors (Lipinski definition) is 1. The summed E-state index contributed by atoms with van der Waals surface area (Å²) in [5.74, 6) is -0.319. The van der Waals surface area contributed by atoms with E-state index in [9.17, 15) is 8.78 Å². The van der Waals surface area contributed by atoms with Crippen LogP contribution in [0.5, 0.6) is 0 Å². The Bertz CT molecular complexity index is 485. The lowest BCUT2D eigenvalue weighted by Crippen LogP contribution is -2.39. The molecule has 5 heteroatoms. The normalized spacial score (nSPS) is 19.7. The van der Waals surface area contributed by atoms with Crippen LogP contribution in [0.1, 0.15) is 27.2 Å². The van der Waals surface area contributed by atoms with Gasteiger partial charge in [-0.05, 0) is 55.1 Å². The van der Waals surface area contributed by atoms with E-state index in [2.05, 4.69) is 42.0 Å². The van der Waals surface area contributed by atoms with Gasteiger partial charge in [0.05, 0.1) is 10.2 Å². The van der Waals surface area contributed by atoms with Crippen LogP contribution in [0.25, 0.3) is 0 Å². The van der Waals surface area contributed by atoms with Crippen molar-refractivity contribution < 1.29 is 8.78 Å². The van der Waals surface area contributed by atoms with Crippen LogP contribution in [0.4, 0.5) is 14.5 Å². The molecule has 0 bridgehead atoms. The molecule has 0 radical (unpaired) electrons. The van der Waals surface area contributed by atoms with E-state index in [-0.39, 0.29) is 15.8 Å². The second-order valence-corrected chi connectivity index (χ2v) is 7.30. The molecule has 1 aliphatic rings. The molecule has 1 atom stereocenters. The highest BCUT2D eigenvalue weighted by atomic mass is 79.9. The van der Waals surface area contributed by atoms with E-state index in [0.717, 1.165) is 26.1 Å². The van der Waals surface area contributed by atoms with Crippen molar-refractivity contribution in [3.8, 4) is 0 Å². The SMILES string of the molecule is CC(C)(C)NCC1CCN(c2cc(F)c(Br)cc2F)C1. The topological polar surface area (TPSA) is 15.3 Å². The summed E-state index contributed by atoms with van der Waals surface area (Å²) in [4.78, 5) is 1.93. The minimum absolute atomic E-state index is 0.0857. The summed E-state index contributed by atoms with van der Waals surface area (Å²) in [6.45, 7) is 8.83. The van der Waals surface area contributed by atoms with Gasteiger partial charge in [-0.25, -0.2) is 8.78 Å². The van der Waals surface area contributed by atoms with Crippen LogP contribution in [0.2, 0.25) is 0 Å². The van der Waals surface area contributed by atoms with E-state index in [1.54, 1.807) is 0 Å². The molecule has 1 heterocycles. The lowest BCUT2D eigenvalue weighted by molar-refractivity contribution is 0.383. The van der Waals surface area contributed by atoms with Gasteiger partial charge in [-0.2, -0.15) is 0 Å². The molecule has 1 unspecified atom stereocenters. The largest absolute Gasteiger partial charge is 0.369 e. The van der Waals surface area contributed by atoms with Crippen molar-refractivity contribution in [2.45, 2.75) is 32.7 Å². The molecule has 1 aromatic rings. The zero-order valence-corrected chi connectivity index (χ0v) is 13.7. The van der Waals surface area contributed by atoms with Gasteiger partial charge in [0.1, 0.15) is 11.6 Å². The summed E-state index contributed by atoms with van der Waals surface area (Å²) in [5, 5.41) is 3.47. The molecule has 1 saturated heterocycles. The highest BCUT2D eigenvalue weighted by Gasteiger charge is 2.26. The Morgan fingerprint density at radius 1 is 1.30 bits per heavy atom. The average molecular weight is 347 g/mol. The smallest absolute Gasteiger partial charge is 0.147 e. The molecule has 1 aliphatic heterocycles. The molecule has 20 heavy (non-hydrogen) atoms. The van der Waals surface area contributed by atoms with Crippen molar-refractivity contribution in [3.05, 3.63) is 28.2 Å². The Hall–Kier alpha value is -0.680. The first kappa shape index (κ1) is 15.7. The van der Waals surface area contributed by atoms with Crippen molar-refractivity contribution in [3.63, 3.8) is 0 Å². The summed E-state index contributed by atoms with van der Waals surface area (Å²) < 4.78 is 27.7. The Labute approximate surface area is 127 Å². The first-order valence-corrected chi connectivity index (χ1v) is 7.70. The maximum absolute atomic E-state index is 13.9. The molecule has 0 aliphatic carbocycles. The van der Waals surface area contributed by atoms with Gasteiger partial charge in [0.15, 0.2) is 0 Å². The zero-order chi connectivity index (χ0) is 14.9. The second kappa shape index (κ2) is 5.98. The van der Waals surface area contributed by atoms with E-state index in [1.165, 1.54) is 12.1 Å². The van der Waals surface area contributed by atoms with Crippen molar-refractivity contribution in [1.82, 2.24) is 5.32 Å². The fraction of sp³-hybridized carbons (Fsp3) is 0.600. The zero-order valence-electron chi connectivity index (χ0n) is 12.1. The van der Waals surface area contributed by atoms with Gasteiger partial charge < -0.3 is 10.2 Å². The van der Waals surface area contributed by atoms with Gasteiger partial charge in [0, 0.05) is 31.2 Å². The number of benzene rings is 1. The van der Waals surface area contributed by atoms with Gasteiger partial charge in [-0.3, -0.25) is 0 Å². The minimum Gasteiger partial charge on any atom is -0.369 e. The molecule has 2 nitrogen and oxygen atoms in total. The van der Waals surface area contributed by atoms with E-state index in [1.807, 2.05) is 4.90 Å². The molecule has 112 valence electrons. The van der Waals surface area contributed by atoms with Gasteiger partial charge >= 0.3 is 0 Å². The lowest BCUT2D eigenvalue weighted by Gasteiger charge is -2.24. The molecule has 0 amide bonds. The van der Waals surface area contributed by atoms with Crippen LogP contribution in [0, 0.1) is 17.6 Å².